The van der Waals surface area contributed by atoms with Crippen LogP contribution in [0.5, 0.6) is 0 Å². The molecule has 83 heavy (non-hydrogen) atoms. The third kappa shape index (κ3) is 14.8. The second-order valence-corrected chi connectivity index (χ2v) is 23.6. The first kappa shape index (κ1) is 60.3. The SMILES string of the molecule is CCCc1nn(C)c2c(=O)[nH]c(Cc3ccc(N(CC)CC)cc3)nc12.CCCc1nn(C)c2c(=O)[nH]c(Cc3ccc(NS(=O)(=O)c4ccccc4)cc3)nc12.CCCc1nn(C)c2c(=O)[nH]c(Cc3cccc(NS(C)(=O)=O)c3)nc12. The van der Waals surface area contributed by atoms with Crippen molar-refractivity contribution in [3.63, 3.8) is 0 Å². The van der Waals surface area contributed by atoms with Crippen molar-refractivity contribution in [2.45, 2.75) is 97.3 Å². The van der Waals surface area contributed by atoms with Gasteiger partial charge in [-0.25, -0.2) is 31.8 Å². The summed E-state index contributed by atoms with van der Waals surface area (Å²) in [5, 5.41) is 13.3. The first-order valence-electron chi connectivity index (χ1n) is 27.6. The fraction of sp³-hybridized carbons (Fsp3) is 0.339. The van der Waals surface area contributed by atoms with Crippen molar-refractivity contribution in [3.05, 3.63) is 185 Å². The zero-order valence-electron chi connectivity index (χ0n) is 48.2. The van der Waals surface area contributed by atoms with E-state index in [4.69, 9.17) is 4.98 Å². The van der Waals surface area contributed by atoms with Crippen LogP contribution in [-0.2, 0) is 79.7 Å². The topological polar surface area (TPSA) is 286 Å². The van der Waals surface area contributed by atoms with E-state index in [2.05, 4.69) is 113 Å². The summed E-state index contributed by atoms with van der Waals surface area (Å²) >= 11 is 0. The molecular formula is C59H71N15O7S2. The van der Waals surface area contributed by atoms with Crippen LogP contribution < -0.4 is 31.0 Å². The lowest BCUT2D eigenvalue weighted by Crippen LogP contribution is -2.21. The summed E-state index contributed by atoms with van der Waals surface area (Å²) < 4.78 is 57.5. The molecule has 436 valence electrons. The van der Waals surface area contributed by atoms with Crippen LogP contribution in [0.1, 0.15) is 105 Å². The van der Waals surface area contributed by atoms with E-state index in [1.807, 2.05) is 18.2 Å². The first-order valence-corrected chi connectivity index (χ1v) is 31.0. The minimum Gasteiger partial charge on any atom is -0.372 e. The number of benzene rings is 4. The quantitative estimate of drug-likeness (QED) is 0.0491. The van der Waals surface area contributed by atoms with Crippen molar-refractivity contribution in [3.8, 4) is 0 Å². The largest absolute Gasteiger partial charge is 0.372 e. The fourth-order valence-electron chi connectivity index (χ4n) is 9.80. The highest BCUT2D eigenvalue weighted by Crippen LogP contribution is 2.22. The molecule has 0 amide bonds. The normalized spacial score (nSPS) is 11.6. The number of aromatic amines is 3. The van der Waals surface area contributed by atoms with Crippen molar-refractivity contribution in [2.75, 3.05) is 33.7 Å². The molecule has 0 radical (unpaired) electrons. The number of hydrogen-bond acceptors (Lipinski definition) is 14. The van der Waals surface area contributed by atoms with Gasteiger partial charge in [0.2, 0.25) is 10.0 Å². The van der Waals surface area contributed by atoms with Crippen LogP contribution in [0.25, 0.3) is 33.1 Å². The molecule has 0 spiro atoms. The molecule has 6 aromatic heterocycles. The Morgan fingerprint density at radius 3 is 1.29 bits per heavy atom. The molecule has 0 fully saturated rings. The summed E-state index contributed by atoms with van der Waals surface area (Å²) in [5.41, 5.74) is 10.4. The third-order valence-corrected chi connectivity index (χ3v) is 15.6. The average molecular weight is 1170 g/mol. The van der Waals surface area contributed by atoms with Gasteiger partial charge in [0.1, 0.15) is 34.0 Å². The van der Waals surface area contributed by atoms with Gasteiger partial charge in [0, 0.05) is 70.6 Å². The number of sulfonamides is 2. The molecule has 6 heterocycles. The van der Waals surface area contributed by atoms with Gasteiger partial charge < -0.3 is 19.9 Å². The summed E-state index contributed by atoms with van der Waals surface area (Å²) in [4.78, 5) is 62.5. The molecule has 0 saturated carbocycles. The molecule has 0 aliphatic carbocycles. The van der Waals surface area contributed by atoms with E-state index in [0.29, 0.717) is 75.7 Å². The number of aromatic nitrogens is 12. The predicted molar refractivity (Wildman–Crippen MR) is 326 cm³/mol. The van der Waals surface area contributed by atoms with Crippen LogP contribution in [0.4, 0.5) is 17.1 Å². The van der Waals surface area contributed by atoms with Gasteiger partial charge in [-0.3, -0.25) is 37.9 Å². The Labute approximate surface area is 481 Å². The standard InChI is InChI=1S/C22H23N5O3S.C20H27N5O.C17H21N5O3S/c1-3-7-18-20-21(27(2)25-18)22(28)24-19(23-20)14-15-10-12-16(13-11-15)26-31(29,30)17-8-5-4-6-9-17;1-5-8-16-18-19(24(4)23-16)20(26)22-17(21-18)13-14-9-11-15(12-10-14)25(6-2)7-3;1-4-6-13-15-16(22(2)20-13)17(23)19-14(18-15)10-11-7-5-8-12(9-11)21-26(3,24)25/h4-6,8-13,26H,3,7,14H2,1-2H3,(H,23,24,28);9-12H,5-8,13H2,1-4H3,(H,21,22,26);5,7-9,21H,4,6,10H2,1-3H3,(H,18,19,23). The Balaban J connectivity index is 0.000000164. The molecule has 10 aromatic rings. The molecule has 0 atom stereocenters. The minimum absolute atomic E-state index is 0.123. The predicted octanol–water partition coefficient (Wildman–Crippen LogP) is 7.62. The Bertz CT molecular complexity index is 4300. The Morgan fingerprint density at radius 2 is 0.892 bits per heavy atom. The number of fused-ring (bicyclic) bond motifs is 3. The van der Waals surface area contributed by atoms with Crippen LogP contribution in [0, 0.1) is 0 Å². The average Bonchev–Trinajstić information content (AvgIpc) is 4.26. The molecule has 0 saturated heterocycles. The lowest BCUT2D eigenvalue weighted by molar-refractivity contribution is 0.600. The number of nitrogens with zero attached hydrogens (tertiary/aromatic N) is 10. The maximum Gasteiger partial charge on any atom is 0.277 e. The summed E-state index contributed by atoms with van der Waals surface area (Å²) in [6, 6.07) is 30.7. The van der Waals surface area contributed by atoms with Crippen molar-refractivity contribution in [1.82, 2.24) is 59.2 Å². The zero-order chi connectivity index (χ0) is 59.6. The van der Waals surface area contributed by atoms with Gasteiger partial charge in [-0.15, -0.1) is 0 Å². The Hall–Kier alpha value is -8.77. The second kappa shape index (κ2) is 26.4. The van der Waals surface area contributed by atoms with E-state index in [0.717, 1.165) is 97.2 Å². The van der Waals surface area contributed by atoms with Crippen LogP contribution >= 0.6 is 0 Å². The lowest BCUT2D eigenvalue weighted by Gasteiger charge is -2.21. The molecule has 24 heteroatoms. The molecule has 0 aliphatic rings. The number of anilines is 3. The molecule has 0 unspecified atom stereocenters. The highest BCUT2D eigenvalue weighted by molar-refractivity contribution is 7.92. The van der Waals surface area contributed by atoms with E-state index < -0.39 is 20.0 Å². The summed E-state index contributed by atoms with van der Waals surface area (Å²) in [6.45, 7) is 12.5. The maximum absolute atomic E-state index is 12.5. The van der Waals surface area contributed by atoms with Gasteiger partial charge in [-0.05, 0) is 98.3 Å². The zero-order valence-corrected chi connectivity index (χ0v) is 49.9. The third-order valence-electron chi connectivity index (χ3n) is 13.6. The van der Waals surface area contributed by atoms with E-state index >= 15 is 0 Å². The van der Waals surface area contributed by atoms with Gasteiger partial charge in [0.15, 0.2) is 16.6 Å². The molecule has 10 rings (SSSR count). The van der Waals surface area contributed by atoms with Gasteiger partial charge >= 0.3 is 0 Å². The van der Waals surface area contributed by atoms with E-state index in [9.17, 15) is 31.2 Å². The summed E-state index contributed by atoms with van der Waals surface area (Å²) in [7, 11) is -1.71. The monoisotopic (exact) mass is 1170 g/mol. The first-order chi connectivity index (χ1) is 39.7. The summed E-state index contributed by atoms with van der Waals surface area (Å²) in [6.07, 6.45) is 7.63. The molecular weight excluding hydrogens is 1090 g/mol. The number of hydrogen-bond donors (Lipinski definition) is 5. The van der Waals surface area contributed by atoms with E-state index in [1.54, 1.807) is 95.9 Å². The minimum atomic E-state index is -3.64. The van der Waals surface area contributed by atoms with Crippen LogP contribution in [-0.4, -0.2) is 95.4 Å². The lowest BCUT2D eigenvalue weighted by atomic mass is 10.1. The maximum atomic E-state index is 12.5. The van der Waals surface area contributed by atoms with Gasteiger partial charge in [0.05, 0.1) is 28.2 Å². The molecule has 5 N–H and O–H groups in total. The van der Waals surface area contributed by atoms with E-state index in [1.165, 1.54) is 5.69 Å². The Morgan fingerprint density at radius 1 is 0.482 bits per heavy atom. The van der Waals surface area contributed by atoms with Crippen molar-refractivity contribution < 1.29 is 16.8 Å². The number of nitrogens with one attached hydrogen (secondary N) is 5. The molecule has 4 aromatic carbocycles. The van der Waals surface area contributed by atoms with Gasteiger partial charge in [0.25, 0.3) is 26.7 Å². The van der Waals surface area contributed by atoms with Crippen molar-refractivity contribution >= 4 is 70.2 Å². The second-order valence-electron chi connectivity index (χ2n) is 20.1. The smallest absolute Gasteiger partial charge is 0.277 e. The molecule has 22 nitrogen and oxygen atoms in total. The fourth-order valence-corrected chi connectivity index (χ4v) is 11.4. The van der Waals surface area contributed by atoms with Crippen LogP contribution in [0.2, 0.25) is 0 Å². The van der Waals surface area contributed by atoms with Crippen LogP contribution in [0.15, 0.2) is 122 Å². The van der Waals surface area contributed by atoms with Crippen LogP contribution in [0.3, 0.4) is 0 Å². The number of aryl methyl sites for hydroxylation is 6. The van der Waals surface area contributed by atoms with E-state index in [-0.39, 0.29) is 21.6 Å². The Kier molecular flexibility index (Phi) is 19.2. The highest BCUT2D eigenvalue weighted by Gasteiger charge is 2.19. The summed E-state index contributed by atoms with van der Waals surface area (Å²) in [5.74, 6) is 1.74. The number of H-pyrrole nitrogens is 3. The number of rotatable bonds is 20. The molecule has 0 aliphatic heterocycles. The van der Waals surface area contributed by atoms with Crippen molar-refractivity contribution in [1.29, 1.82) is 0 Å². The van der Waals surface area contributed by atoms with Gasteiger partial charge in [-0.1, -0.05) is 94.6 Å². The highest BCUT2D eigenvalue weighted by atomic mass is 32.2. The van der Waals surface area contributed by atoms with Crippen molar-refractivity contribution in [2.24, 2.45) is 21.1 Å². The van der Waals surface area contributed by atoms with Gasteiger partial charge in [-0.2, -0.15) is 15.3 Å². The molecule has 0 bridgehead atoms.